The quantitative estimate of drug-likeness (QED) is 0.598. The average Bonchev–Trinajstić information content (AvgIpc) is 2.87. The molecule has 1 fully saturated rings. The zero-order chi connectivity index (χ0) is 20.3. The summed E-state index contributed by atoms with van der Waals surface area (Å²) < 4.78 is 10.8. The van der Waals surface area contributed by atoms with E-state index in [4.69, 9.17) is 9.47 Å². The Morgan fingerprint density at radius 2 is 1.85 bits per heavy atom. The Bertz CT molecular complexity index is 718. The Kier molecular flexibility index (Phi) is 6.84. The third kappa shape index (κ3) is 4.99. The molecular formula is C21H31NO5. The molecule has 6 heteroatoms. The molecule has 3 atom stereocenters. The van der Waals surface area contributed by atoms with Crippen LogP contribution in [-0.2, 0) is 14.3 Å². The van der Waals surface area contributed by atoms with Gasteiger partial charge in [-0.25, -0.2) is 9.59 Å². The molecule has 1 aromatic rings. The highest BCUT2D eigenvalue weighted by Gasteiger charge is 2.33. The maximum absolute atomic E-state index is 12.3. The molecule has 1 aliphatic rings. The molecule has 1 aliphatic carbocycles. The highest BCUT2D eigenvalue weighted by molar-refractivity contribution is 6.01. The fourth-order valence-electron chi connectivity index (χ4n) is 4.13. The number of H-pyrrole nitrogens is 1. The molecular weight excluding hydrogens is 346 g/mol. The first-order chi connectivity index (χ1) is 12.6. The van der Waals surface area contributed by atoms with E-state index < -0.39 is 18.5 Å². The standard InChI is InChI=1S/C21H31NO5/c1-11(2)16-8-7-12(3)9-17(16)27-18(24)10-26-21(25)20-13(4)19(15(6)23)14(5)22-20/h11-12,16-17,22H,7-10H2,1-6H3. The van der Waals surface area contributed by atoms with E-state index in [1.165, 1.54) is 6.92 Å². The van der Waals surface area contributed by atoms with Crippen LogP contribution in [0.4, 0.5) is 0 Å². The molecule has 0 amide bonds. The molecule has 0 aliphatic heterocycles. The zero-order valence-corrected chi connectivity index (χ0v) is 17.2. The van der Waals surface area contributed by atoms with Crippen LogP contribution in [0.5, 0.6) is 0 Å². The van der Waals surface area contributed by atoms with Crippen molar-refractivity contribution in [3.8, 4) is 0 Å². The average molecular weight is 377 g/mol. The number of carbonyl (C=O) groups excluding carboxylic acids is 3. The van der Waals surface area contributed by atoms with Crippen molar-refractivity contribution >= 4 is 17.7 Å². The van der Waals surface area contributed by atoms with Crippen molar-refractivity contribution in [1.82, 2.24) is 4.98 Å². The van der Waals surface area contributed by atoms with E-state index >= 15 is 0 Å². The highest BCUT2D eigenvalue weighted by Crippen LogP contribution is 2.35. The Labute approximate surface area is 161 Å². The van der Waals surface area contributed by atoms with Crippen LogP contribution in [0.2, 0.25) is 0 Å². The van der Waals surface area contributed by atoms with Gasteiger partial charge in [0.2, 0.25) is 0 Å². The van der Waals surface area contributed by atoms with Gasteiger partial charge in [-0.05, 0) is 56.9 Å². The molecule has 2 rings (SSSR count). The molecule has 150 valence electrons. The molecule has 6 nitrogen and oxygen atoms in total. The minimum Gasteiger partial charge on any atom is -0.460 e. The number of hydrogen-bond acceptors (Lipinski definition) is 5. The Morgan fingerprint density at radius 3 is 2.41 bits per heavy atom. The first kappa shape index (κ1) is 21.2. The van der Waals surface area contributed by atoms with Crippen LogP contribution in [0.25, 0.3) is 0 Å². The van der Waals surface area contributed by atoms with Crippen molar-refractivity contribution in [2.24, 2.45) is 17.8 Å². The molecule has 0 bridgehead atoms. The van der Waals surface area contributed by atoms with Crippen molar-refractivity contribution in [2.45, 2.75) is 66.9 Å². The summed E-state index contributed by atoms with van der Waals surface area (Å²) in [5.74, 6) is -0.00119. The van der Waals surface area contributed by atoms with E-state index in [1.54, 1.807) is 13.8 Å². The smallest absolute Gasteiger partial charge is 0.355 e. The second kappa shape index (κ2) is 8.72. The van der Waals surface area contributed by atoms with Gasteiger partial charge in [-0.15, -0.1) is 0 Å². The van der Waals surface area contributed by atoms with Crippen LogP contribution in [0.3, 0.4) is 0 Å². The third-order valence-corrected chi connectivity index (χ3v) is 5.56. The van der Waals surface area contributed by atoms with Gasteiger partial charge in [0.15, 0.2) is 12.4 Å². The fraction of sp³-hybridized carbons (Fsp3) is 0.667. The van der Waals surface area contributed by atoms with Gasteiger partial charge in [0, 0.05) is 11.3 Å². The molecule has 0 radical (unpaired) electrons. The number of aromatic nitrogens is 1. The fourth-order valence-corrected chi connectivity index (χ4v) is 4.13. The minimum atomic E-state index is -0.655. The molecule has 1 N–H and O–H groups in total. The lowest BCUT2D eigenvalue weighted by Gasteiger charge is -2.36. The minimum absolute atomic E-state index is 0.120. The molecule has 27 heavy (non-hydrogen) atoms. The molecule has 0 aromatic carbocycles. The summed E-state index contributed by atoms with van der Waals surface area (Å²) in [6.45, 7) is 10.9. The predicted molar refractivity (Wildman–Crippen MR) is 102 cm³/mol. The Balaban J connectivity index is 1.96. The first-order valence-corrected chi connectivity index (χ1v) is 9.68. The number of Topliss-reactive ketones (excluding diaryl/α,β-unsaturated/α-hetero) is 1. The molecule has 1 aromatic heterocycles. The number of carbonyl (C=O) groups is 3. The summed E-state index contributed by atoms with van der Waals surface area (Å²) in [7, 11) is 0. The number of esters is 2. The largest absolute Gasteiger partial charge is 0.460 e. The van der Waals surface area contributed by atoms with E-state index in [9.17, 15) is 14.4 Å². The van der Waals surface area contributed by atoms with Crippen LogP contribution < -0.4 is 0 Å². The van der Waals surface area contributed by atoms with Gasteiger partial charge in [0.05, 0.1) is 0 Å². The van der Waals surface area contributed by atoms with Crippen LogP contribution >= 0.6 is 0 Å². The van der Waals surface area contributed by atoms with Gasteiger partial charge < -0.3 is 14.5 Å². The summed E-state index contributed by atoms with van der Waals surface area (Å²) in [4.78, 5) is 39.1. The highest BCUT2D eigenvalue weighted by atomic mass is 16.6. The molecule has 1 saturated carbocycles. The van der Waals surface area contributed by atoms with Crippen molar-refractivity contribution in [3.63, 3.8) is 0 Å². The van der Waals surface area contributed by atoms with Gasteiger partial charge in [0.1, 0.15) is 11.8 Å². The van der Waals surface area contributed by atoms with Gasteiger partial charge in [-0.1, -0.05) is 27.2 Å². The van der Waals surface area contributed by atoms with Crippen LogP contribution in [0, 0.1) is 31.6 Å². The summed E-state index contributed by atoms with van der Waals surface area (Å²) in [6.07, 6.45) is 2.92. The number of aryl methyl sites for hydroxylation is 1. The normalized spacial score (nSPS) is 22.6. The van der Waals surface area contributed by atoms with E-state index in [2.05, 4.69) is 25.8 Å². The number of ketones is 1. The van der Waals surface area contributed by atoms with E-state index in [0.717, 1.165) is 19.3 Å². The lowest BCUT2D eigenvalue weighted by Crippen LogP contribution is -2.36. The van der Waals surface area contributed by atoms with E-state index in [-0.39, 0.29) is 17.6 Å². The Hall–Kier alpha value is -2.11. The van der Waals surface area contributed by atoms with Gasteiger partial charge in [-0.2, -0.15) is 0 Å². The summed E-state index contributed by atoms with van der Waals surface area (Å²) in [5.41, 5.74) is 1.85. The SMILES string of the molecule is CC(=O)c1c(C)[nH]c(C(=O)OCC(=O)OC2CC(C)CCC2C(C)C)c1C. The van der Waals surface area contributed by atoms with Crippen LogP contribution in [0.15, 0.2) is 0 Å². The van der Waals surface area contributed by atoms with Crippen molar-refractivity contribution in [3.05, 3.63) is 22.5 Å². The lowest BCUT2D eigenvalue weighted by atomic mass is 9.75. The van der Waals surface area contributed by atoms with Crippen LogP contribution in [0.1, 0.15) is 79.1 Å². The van der Waals surface area contributed by atoms with Gasteiger partial charge in [0.25, 0.3) is 0 Å². The maximum Gasteiger partial charge on any atom is 0.355 e. The van der Waals surface area contributed by atoms with Crippen molar-refractivity contribution in [1.29, 1.82) is 0 Å². The maximum atomic E-state index is 12.3. The second-order valence-electron chi connectivity index (χ2n) is 8.11. The number of rotatable bonds is 6. The molecule has 0 saturated heterocycles. The van der Waals surface area contributed by atoms with Crippen molar-refractivity contribution < 1.29 is 23.9 Å². The molecule has 3 unspecified atom stereocenters. The predicted octanol–water partition coefficient (Wildman–Crippen LogP) is 3.99. The number of nitrogens with one attached hydrogen (secondary N) is 1. The molecule has 1 heterocycles. The topological polar surface area (TPSA) is 85.5 Å². The summed E-state index contributed by atoms with van der Waals surface area (Å²) in [5, 5.41) is 0. The summed E-state index contributed by atoms with van der Waals surface area (Å²) >= 11 is 0. The lowest BCUT2D eigenvalue weighted by molar-refractivity contribution is -0.159. The van der Waals surface area contributed by atoms with E-state index in [0.29, 0.717) is 34.6 Å². The van der Waals surface area contributed by atoms with Gasteiger partial charge in [-0.3, -0.25) is 4.79 Å². The number of aromatic amines is 1. The monoisotopic (exact) mass is 377 g/mol. The number of hydrogen-bond donors (Lipinski definition) is 1. The third-order valence-electron chi connectivity index (χ3n) is 5.56. The van der Waals surface area contributed by atoms with Gasteiger partial charge >= 0.3 is 11.9 Å². The number of ether oxygens (including phenoxy) is 2. The molecule has 0 spiro atoms. The van der Waals surface area contributed by atoms with E-state index in [1.807, 2.05) is 0 Å². The summed E-state index contributed by atoms with van der Waals surface area (Å²) in [6, 6.07) is 0. The Morgan fingerprint density at radius 1 is 1.19 bits per heavy atom. The second-order valence-corrected chi connectivity index (χ2v) is 8.11. The van der Waals surface area contributed by atoms with Crippen LogP contribution in [-0.4, -0.2) is 35.4 Å². The first-order valence-electron chi connectivity index (χ1n) is 9.68. The van der Waals surface area contributed by atoms with Crippen molar-refractivity contribution in [2.75, 3.05) is 6.61 Å². The zero-order valence-electron chi connectivity index (χ0n) is 17.2.